The second-order valence-electron chi connectivity index (χ2n) is 5.25. The van der Waals surface area contributed by atoms with Gasteiger partial charge in [0.1, 0.15) is 0 Å². The molecule has 0 radical (unpaired) electrons. The Morgan fingerprint density at radius 2 is 2.25 bits per heavy atom. The van der Waals surface area contributed by atoms with E-state index in [2.05, 4.69) is 64.0 Å². The fourth-order valence-electron chi connectivity index (χ4n) is 2.03. The largest absolute Gasteiger partial charge is 0.357 e. The Labute approximate surface area is 147 Å². The summed E-state index contributed by atoms with van der Waals surface area (Å²) in [5, 5.41) is 3.37. The van der Waals surface area contributed by atoms with E-state index >= 15 is 0 Å². The lowest BCUT2D eigenvalue weighted by molar-refractivity contribution is 0.461. The van der Waals surface area contributed by atoms with Gasteiger partial charge in [0.25, 0.3) is 0 Å². The third-order valence-corrected chi connectivity index (χ3v) is 3.80. The second kappa shape index (κ2) is 8.26. The van der Waals surface area contributed by atoms with E-state index in [9.17, 15) is 0 Å². The van der Waals surface area contributed by atoms with Gasteiger partial charge in [-0.3, -0.25) is 4.99 Å². The van der Waals surface area contributed by atoms with Gasteiger partial charge in [0.05, 0.1) is 6.54 Å². The van der Waals surface area contributed by atoms with Gasteiger partial charge in [-0.15, -0.1) is 24.0 Å². The quantitative estimate of drug-likeness (QED) is 0.421. The highest BCUT2D eigenvalue weighted by molar-refractivity contribution is 14.0. The Morgan fingerprint density at radius 3 is 2.75 bits per heavy atom. The molecule has 20 heavy (non-hydrogen) atoms. The molecule has 1 aromatic rings. The van der Waals surface area contributed by atoms with Crippen LogP contribution in [-0.4, -0.2) is 35.6 Å². The number of nitrogens with zero attached hydrogens (tertiary/aromatic N) is 3. The van der Waals surface area contributed by atoms with Gasteiger partial charge in [0.15, 0.2) is 5.96 Å². The van der Waals surface area contributed by atoms with Gasteiger partial charge in [-0.25, -0.2) is 0 Å². The molecule has 6 heteroatoms. The Balaban J connectivity index is 0.00000200. The van der Waals surface area contributed by atoms with E-state index < -0.39 is 0 Å². The standard InChI is InChI=1S/C14H23BrN4.HI/c1-4-16-14(17-8-11-5-6-11)19(3)10-13-7-12(15)9-18(13)2;/h7,9,11H,4-6,8,10H2,1-3H3,(H,16,17);1H. The monoisotopic (exact) mass is 454 g/mol. The molecule has 4 nitrogen and oxygen atoms in total. The number of aryl methyl sites for hydroxylation is 1. The summed E-state index contributed by atoms with van der Waals surface area (Å²) in [7, 11) is 4.16. The van der Waals surface area contributed by atoms with E-state index in [4.69, 9.17) is 4.99 Å². The molecular formula is C14H24BrIN4. The topological polar surface area (TPSA) is 32.6 Å². The smallest absolute Gasteiger partial charge is 0.194 e. The molecule has 1 aliphatic carbocycles. The highest BCUT2D eigenvalue weighted by Gasteiger charge is 2.21. The van der Waals surface area contributed by atoms with Crippen LogP contribution in [0.5, 0.6) is 0 Å². The minimum atomic E-state index is 0. The molecule has 0 atom stereocenters. The summed E-state index contributed by atoms with van der Waals surface area (Å²) in [5.74, 6) is 1.83. The lowest BCUT2D eigenvalue weighted by atomic mass is 10.4. The first-order valence-electron chi connectivity index (χ1n) is 6.90. The van der Waals surface area contributed by atoms with Crippen LogP contribution in [0.15, 0.2) is 21.7 Å². The van der Waals surface area contributed by atoms with Gasteiger partial charge in [-0.05, 0) is 47.7 Å². The van der Waals surface area contributed by atoms with Crippen molar-refractivity contribution >= 4 is 45.9 Å². The number of hydrogen-bond acceptors (Lipinski definition) is 1. The van der Waals surface area contributed by atoms with E-state index in [1.165, 1.54) is 18.5 Å². The molecule has 0 bridgehead atoms. The summed E-state index contributed by atoms with van der Waals surface area (Å²) in [5.41, 5.74) is 1.27. The summed E-state index contributed by atoms with van der Waals surface area (Å²) in [6, 6.07) is 2.15. The predicted octanol–water partition coefficient (Wildman–Crippen LogP) is 3.21. The summed E-state index contributed by atoms with van der Waals surface area (Å²) in [6.07, 6.45) is 4.77. The summed E-state index contributed by atoms with van der Waals surface area (Å²) >= 11 is 3.51. The van der Waals surface area contributed by atoms with Crippen LogP contribution in [0.2, 0.25) is 0 Å². The van der Waals surface area contributed by atoms with Crippen molar-refractivity contribution in [2.75, 3.05) is 20.1 Å². The average molecular weight is 455 g/mol. The van der Waals surface area contributed by atoms with E-state index in [1.807, 2.05) is 0 Å². The van der Waals surface area contributed by atoms with Crippen molar-refractivity contribution in [3.05, 3.63) is 22.4 Å². The molecule has 1 heterocycles. The zero-order valence-corrected chi connectivity index (χ0v) is 16.3. The molecular weight excluding hydrogens is 431 g/mol. The number of nitrogens with one attached hydrogen (secondary N) is 1. The van der Waals surface area contributed by atoms with E-state index in [-0.39, 0.29) is 24.0 Å². The average Bonchev–Trinajstić information content (AvgIpc) is 3.12. The third-order valence-electron chi connectivity index (χ3n) is 3.37. The zero-order chi connectivity index (χ0) is 13.8. The Bertz CT molecular complexity index is 454. The molecule has 0 saturated heterocycles. The van der Waals surface area contributed by atoms with Gasteiger partial charge in [-0.2, -0.15) is 0 Å². The van der Waals surface area contributed by atoms with Crippen LogP contribution in [0, 0.1) is 5.92 Å². The first-order valence-corrected chi connectivity index (χ1v) is 7.69. The van der Waals surface area contributed by atoms with Gasteiger partial charge in [0.2, 0.25) is 0 Å². The minimum Gasteiger partial charge on any atom is -0.357 e. The maximum atomic E-state index is 4.72. The first-order chi connectivity index (χ1) is 9.10. The van der Waals surface area contributed by atoms with Crippen LogP contribution in [0.3, 0.4) is 0 Å². The van der Waals surface area contributed by atoms with E-state index in [0.29, 0.717) is 0 Å². The number of aliphatic imine (C=N–C) groups is 1. The predicted molar refractivity (Wildman–Crippen MR) is 98.7 cm³/mol. The number of rotatable bonds is 5. The van der Waals surface area contributed by atoms with Crippen molar-refractivity contribution in [1.29, 1.82) is 0 Å². The van der Waals surface area contributed by atoms with Crippen LogP contribution in [0.4, 0.5) is 0 Å². The number of hydrogen-bond donors (Lipinski definition) is 1. The zero-order valence-electron chi connectivity index (χ0n) is 12.4. The fourth-order valence-corrected chi connectivity index (χ4v) is 2.60. The Kier molecular flexibility index (Phi) is 7.36. The van der Waals surface area contributed by atoms with Gasteiger partial charge >= 0.3 is 0 Å². The number of halogens is 2. The molecule has 0 amide bonds. The normalized spacial score (nSPS) is 14.9. The van der Waals surface area contributed by atoms with Gasteiger partial charge < -0.3 is 14.8 Å². The lowest BCUT2D eigenvalue weighted by Crippen LogP contribution is -2.39. The molecule has 2 rings (SSSR count). The molecule has 1 saturated carbocycles. The molecule has 1 aromatic heterocycles. The minimum absolute atomic E-state index is 0. The molecule has 1 N–H and O–H groups in total. The van der Waals surface area contributed by atoms with Crippen molar-refractivity contribution in [2.24, 2.45) is 18.0 Å². The third kappa shape index (κ3) is 5.27. The molecule has 1 fully saturated rings. The summed E-state index contributed by atoms with van der Waals surface area (Å²) < 4.78 is 3.27. The molecule has 114 valence electrons. The maximum absolute atomic E-state index is 4.72. The highest BCUT2D eigenvalue weighted by atomic mass is 127. The van der Waals surface area contributed by atoms with E-state index in [1.54, 1.807) is 0 Å². The molecule has 0 aromatic carbocycles. The Morgan fingerprint density at radius 1 is 1.55 bits per heavy atom. The van der Waals surface area contributed by atoms with Gasteiger partial charge in [-0.1, -0.05) is 0 Å². The van der Waals surface area contributed by atoms with Crippen molar-refractivity contribution in [3.8, 4) is 0 Å². The van der Waals surface area contributed by atoms with E-state index in [0.717, 1.165) is 36.0 Å². The van der Waals surface area contributed by atoms with Crippen molar-refractivity contribution < 1.29 is 0 Å². The van der Waals surface area contributed by atoms with Crippen molar-refractivity contribution in [1.82, 2.24) is 14.8 Å². The van der Waals surface area contributed by atoms with Crippen LogP contribution in [-0.2, 0) is 13.6 Å². The highest BCUT2D eigenvalue weighted by Crippen LogP contribution is 2.28. The lowest BCUT2D eigenvalue weighted by Gasteiger charge is -2.22. The van der Waals surface area contributed by atoms with Crippen LogP contribution in [0.1, 0.15) is 25.5 Å². The van der Waals surface area contributed by atoms with Crippen molar-refractivity contribution in [2.45, 2.75) is 26.3 Å². The fraction of sp³-hybridized carbons (Fsp3) is 0.643. The number of aromatic nitrogens is 1. The summed E-state index contributed by atoms with van der Waals surface area (Å²) in [6.45, 7) is 4.84. The maximum Gasteiger partial charge on any atom is 0.194 e. The first kappa shape index (κ1) is 17.8. The Hall–Kier alpha value is -0.240. The molecule has 1 aliphatic rings. The van der Waals surface area contributed by atoms with Crippen molar-refractivity contribution in [3.63, 3.8) is 0 Å². The molecule has 0 aliphatic heterocycles. The van der Waals surface area contributed by atoms with Crippen LogP contribution in [0.25, 0.3) is 0 Å². The molecule has 0 unspecified atom stereocenters. The van der Waals surface area contributed by atoms with Crippen LogP contribution < -0.4 is 5.32 Å². The molecule has 0 spiro atoms. The SMILES string of the molecule is CCNC(=NCC1CC1)N(C)Cc1cc(Br)cn1C.I. The van der Waals surface area contributed by atoms with Crippen LogP contribution >= 0.6 is 39.9 Å². The van der Waals surface area contributed by atoms with Gasteiger partial charge in [0, 0.05) is 43.5 Å². The second-order valence-corrected chi connectivity index (χ2v) is 6.17. The summed E-state index contributed by atoms with van der Waals surface area (Å²) in [4.78, 5) is 6.91. The number of guanidine groups is 1.